The van der Waals surface area contributed by atoms with Crippen molar-refractivity contribution >= 4 is 0 Å². The Bertz CT molecular complexity index is 337. The van der Waals surface area contributed by atoms with Gasteiger partial charge in [-0.2, -0.15) is 0 Å². The molecule has 0 heterocycles. The van der Waals surface area contributed by atoms with E-state index in [1.165, 1.54) is 5.56 Å². The number of likely N-dealkylation sites (N-methyl/N-ethyl adjacent to an activating group) is 1. The fraction of sp³-hybridized carbons (Fsp3) is 0.600. The number of hydrogen-bond donors (Lipinski definition) is 1. The molecule has 0 aliphatic rings. The van der Waals surface area contributed by atoms with Gasteiger partial charge in [-0.3, -0.25) is 0 Å². The summed E-state index contributed by atoms with van der Waals surface area (Å²) >= 11 is 0. The molecule has 0 spiro atoms. The quantitative estimate of drug-likeness (QED) is 0.768. The molecule has 1 aromatic rings. The van der Waals surface area contributed by atoms with Crippen LogP contribution >= 0.6 is 0 Å². The van der Waals surface area contributed by atoms with Crippen molar-refractivity contribution in [2.75, 3.05) is 33.8 Å². The smallest absolute Gasteiger partial charge is 0.122 e. The average Bonchev–Trinajstić information content (AvgIpc) is 2.42. The van der Waals surface area contributed by atoms with E-state index in [0.717, 1.165) is 38.2 Å². The van der Waals surface area contributed by atoms with Crippen molar-refractivity contribution in [1.29, 1.82) is 0 Å². The highest BCUT2D eigenvalue weighted by Gasteiger charge is 2.09. The zero-order valence-corrected chi connectivity index (χ0v) is 11.9. The molecule has 1 aromatic carbocycles. The highest BCUT2D eigenvalue weighted by atomic mass is 16.5. The number of methoxy groups -OCH3 is 1. The van der Waals surface area contributed by atoms with Crippen molar-refractivity contribution in [2.24, 2.45) is 11.7 Å². The molecule has 0 aromatic heterocycles. The molecule has 102 valence electrons. The maximum atomic E-state index is 5.74. The Morgan fingerprint density at radius 3 is 2.67 bits per heavy atom. The molecule has 1 atom stereocenters. The van der Waals surface area contributed by atoms with Crippen molar-refractivity contribution in [3.63, 3.8) is 0 Å². The number of nitrogens with zero attached hydrogens (tertiary/aromatic N) is 1. The molecule has 0 bridgehead atoms. The minimum atomic E-state index is 0.604. The summed E-state index contributed by atoms with van der Waals surface area (Å²) in [6.07, 6.45) is 2.16. The monoisotopic (exact) mass is 250 g/mol. The molecule has 0 aliphatic carbocycles. The first-order chi connectivity index (χ1) is 8.71. The molecule has 3 nitrogen and oxygen atoms in total. The van der Waals surface area contributed by atoms with Gasteiger partial charge in [-0.15, -0.1) is 0 Å². The lowest BCUT2D eigenvalue weighted by Gasteiger charge is -2.22. The Labute approximate surface area is 111 Å². The maximum absolute atomic E-state index is 5.74. The van der Waals surface area contributed by atoms with Crippen LogP contribution in [0.5, 0.6) is 5.75 Å². The second-order valence-corrected chi connectivity index (χ2v) is 4.83. The normalized spacial score (nSPS) is 12.7. The van der Waals surface area contributed by atoms with Crippen LogP contribution in [-0.4, -0.2) is 38.7 Å². The Kier molecular flexibility index (Phi) is 6.76. The third kappa shape index (κ3) is 4.67. The molecular weight excluding hydrogens is 224 g/mol. The van der Waals surface area contributed by atoms with E-state index < -0.39 is 0 Å². The second-order valence-electron chi connectivity index (χ2n) is 4.83. The molecule has 0 aliphatic heterocycles. The van der Waals surface area contributed by atoms with Crippen molar-refractivity contribution in [2.45, 2.75) is 19.8 Å². The van der Waals surface area contributed by atoms with E-state index >= 15 is 0 Å². The van der Waals surface area contributed by atoms with Gasteiger partial charge in [0.1, 0.15) is 5.75 Å². The van der Waals surface area contributed by atoms with Gasteiger partial charge in [0, 0.05) is 13.1 Å². The van der Waals surface area contributed by atoms with Gasteiger partial charge in [0.2, 0.25) is 0 Å². The van der Waals surface area contributed by atoms with Crippen molar-refractivity contribution in [1.82, 2.24) is 4.90 Å². The number of benzene rings is 1. The molecule has 0 saturated heterocycles. The molecule has 18 heavy (non-hydrogen) atoms. The molecule has 1 unspecified atom stereocenters. The highest BCUT2D eigenvalue weighted by Crippen LogP contribution is 2.18. The first-order valence-corrected chi connectivity index (χ1v) is 6.71. The third-order valence-electron chi connectivity index (χ3n) is 3.44. The Balaban J connectivity index is 2.44. The summed E-state index contributed by atoms with van der Waals surface area (Å²) in [4.78, 5) is 2.35. The lowest BCUT2D eigenvalue weighted by molar-refractivity contribution is 0.276. The summed E-state index contributed by atoms with van der Waals surface area (Å²) in [6, 6.07) is 8.22. The van der Waals surface area contributed by atoms with Gasteiger partial charge < -0.3 is 15.4 Å². The average molecular weight is 250 g/mol. The largest absolute Gasteiger partial charge is 0.496 e. The first kappa shape index (κ1) is 15.0. The van der Waals surface area contributed by atoms with Crippen LogP contribution in [0.25, 0.3) is 0 Å². The van der Waals surface area contributed by atoms with Gasteiger partial charge in [0.05, 0.1) is 7.11 Å². The van der Waals surface area contributed by atoms with Crippen molar-refractivity contribution in [3.05, 3.63) is 29.8 Å². The summed E-state index contributed by atoms with van der Waals surface area (Å²) in [5, 5.41) is 0. The molecule has 1 rings (SSSR count). The van der Waals surface area contributed by atoms with Gasteiger partial charge in [-0.1, -0.05) is 31.5 Å². The maximum Gasteiger partial charge on any atom is 0.122 e. The molecule has 0 amide bonds. The van der Waals surface area contributed by atoms with Crippen LogP contribution < -0.4 is 10.5 Å². The SMILES string of the molecule is CCC(CN)CN(C)CCc1ccccc1OC. The number of hydrogen-bond acceptors (Lipinski definition) is 3. The molecule has 0 fully saturated rings. The Hall–Kier alpha value is -1.06. The fourth-order valence-electron chi connectivity index (χ4n) is 2.12. The van der Waals surface area contributed by atoms with Gasteiger partial charge in [0.25, 0.3) is 0 Å². The summed E-state index contributed by atoms with van der Waals surface area (Å²) in [5.41, 5.74) is 7.01. The fourth-order valence-corrected chi connectivity index (χ4v) is 2.12. The minimum absolute atomic E-state index is 0.604. The zero-order chi connectivity index (χ0) is 13.4. The Morgan fingerprint density at radius 2 is 2.06 bits per heavy atom. The minimum Gasteiger partial charge on any atom is -0.496 e. The van der Waals surface area contributed by atoms with Crippen LogP contribution in [0, 0.1) is 5.92 Å². The number of nitrogens with two attached hydrogens (primary N) is 1. The molecular formula is C15H26N2O. The molecule has 3 heteroatoms. The number of para-hydroxylation sites is 1. The summed E-state index contributed by atoms with van der Waals surface area (Å²) in [6.45, 7) is 5.08. The van der Waals surface area contributed by atoms with Crippen LogP contribution in [0.15, 0.2) is 24.3 Å². The van der Waals surface area contributed by atoms with Crippen molar-refractivity contribution in [3.8, 4) is 5.75 Å². The van der Waals surface area contributed by atoms with E-state index in [0.29, 0.717) is 5.92 Å². The molecule has 2 N–H and O–H groups in total. The predicted octanol–water partition coefficient (Wildman–Crippen LogP) is 2.15. The summed E-state index contributed by atoms with van der Waals surface area (Å²) in [7, 11) is 3.89. The lowest BCUT2D eigenvalue weighted by atomic mass is 10.1. The number of ether oxygens (including phenoxy) is 1. The van der Waals surface area contributed by atoms with E-state index in [-0.39, 0.29) is 0 Å². The van der Waals surface area contributed by atoms with Crippen LogP contribution in [0.2, 0.25) is 0 Å². The first-order valence-electron chi connectivity index (χ1n) is 6.71. The second kappa shape index (κ2) is 8.11. The van der Waals surface area contributed by atoms with E-state index in [2.05, 4.69) is 31.0 Å². The van der Waals surface area contributed by atoms with Gasteiger partial charge in [-0.25, -0.2) is 0 Å². The lowest BCUT2D eigenvalue weighted by Crippen LogP contribution is -2.31. The number of rotatable bonds is 8. The predicted molar refractivity (Wildman–Crippen MR) is 77.0 cm³/mol. The highest BCUT2D eigenvalue weighted by molar-refractivity contribution is 5.33. The van der Waals surface area contributed by atoms with Crippen molar-refractivity contribution < 1.29 is 4.74 Å². The third-order valence-corrected chi connectivity index (χ3v) is 3.44. The van der Waals surface area contributed by atoms with Gasteiger partial charge >= 0.3 is 0 Å². The molecule has 0 radical (unpaired) electrons. The van der Waals surface area contributed by atoms with E-state index in [1.54, 1.807) is 7.11 Å². The van der Waals surface area contributed by atoms with E-state index in [9.17, 15) is 0 Å². The summed E-state index contributed by atoms with van der Waals surface area (Å²) in [5.74, 6) is 1.59. The Morgan fingerprint density at radius 1 is 1.33 bits per heavy atom. The van der Waals surface area contributed by atoms with Crippen LogP contribution in [0.1, 0.15) is 18.9 Å². The zero-order valence-electron chi connectivity index (χ0n) is 11.9. The topological polar surface area (TPSA) is 38.5 Å². The van der Waals surface area contributed by atoms with Gasteiger partial charge in [0.15, 0.2) is 0 Å². The summed E-state index contributed by atoms with van der Waals surface area (Å²) < 4.78 is 5.36. The van der Waals surface area contributed by atoms with Crippen LogP contribution in [-0.2, 0) is 6.42 Å². The molecule has 0 saturated carbocycles. The van der Waals surface area contributed by atoms with E-state index in [4.69, 9.17) is 10.5 Å². The van der Waals surface area contributed by atoms with Gasteiger partial charge in [-0.05, 0) is 37.6 Å². The van der Waals surface area contributed by atoms with Crippen LogP contribution in [0.3, 0.4) is 0 Å². The van der Waals surface area contributed by atoms with Crippen LogP contribution in [0.4, 0.5) is 0 Å². The standard InChI is InChI=1S/C15H26N2O/c1-4-13(11-16)12-17(2)10-9-14-7-5-6-8-15(14)18-3/h5-8,13H,4,9-12,16H2,1-3H3. The van der Waals surface area contributed by atoms with E-state index in [1.807, 2.05) is 12.1 Å².